The standard InChI is InChI=1S/C23H31N5O3S/c1-16(2)28-21-14-18(8-9-19(21)15-24-28)22-25-23(31-26-22)17-10-12-27(13-11-17)32(29,30)20-6-4-3-5-7-20/h8-9,14-17,20H,3-7,10-13H2,1-2H3. The van der Waals surface area contributed by atoms with Crippen LogP contribution in [0.3, 0.4) is 0 Å². The predicted molar refractivity (Wildman–Crippen MR) is 123 cm³/mol. The summed E-state index contributed by atoms with van der Waals surface area (Å²) in [6.07, 6.45) is 8.10. The first-order chi connectivity index (χ1) is 15.4. The Morgan fingerprint density at radius 1 is 1.06 bits per heavy atom. The van der Waals surface area contributed by atoms with Crippen LogP contribution in [0.25, 0.3) is 22.3 Å². The molecule has 8 nitrogen and oxygen atoms in total. The maximum atomic E-state index is 13.0. The van der Waals surface area contributed by atoms with Crippen molar-refractivity contribution in [1.29, 1.82) is 0 Å². The van der Waals surface area contributed by atoms with E-state index in [-0.39, 0.29) is 17.2 Å². The van der Waals surface area contributed by atoms with E-state index in [1.807, 2.05) is 23.0 Å². The highest BCUT2D eigenvalue weighted by Gasteiger charge is 2.36. The Morgan fingerprint density at radius 3 is 2.53 bits per heavy atom. The molecule has 0 N–H and O–H groups in total. The third kappa shape index (κ3) is 3.96. The maximum Gasteiger partial charge on any atom is 0.230 e. The minimum Gasteiger partial charge on any atom is -0.339 e. The van der Waals surface area contributed by atoms with Crippen LogP contribution in [0.2, 0.25) is 0 Å². The van der Waals surface area contributed by atoms with Crippen molar-refractivity contribution >= 4 is 20.9 Å². The molecule has 32 heavy (non-hydrogen) atoms. The quantitative estimate of drug-likeness (QED) is 0.559. The summed E-state index contributed by atoms with van der Waals surface area (Å²) in [5, 5.41) is 9.57. The van der Waals surface area contributed by atoms with Crippen molar-refractivity contribution in [2.45, 2.75) is 76.0 Å². The number of hydrogen-bond donors (Lipinski definition) is 0. The number of fused-ring (bicyclic) bond motifs is 1. The average Bonchev–Trinajstić information content (AvgIpc) is 3.47. The van der Waals surface area contributed by atoms with Crippen LogP contribution in [0, 0.1) is 0 Å². The van der Waals surface area contributed by atoms with Gasteiger partial charge in [-0.3, -0.25) is 4.68 Å². The van der Waals surface area contributed by atoms with Gasteiger partial charge in [0, 0.05) is 36.0 Å². The molecule has 0 atom stereocenters. The molecule has 0 unspecified atom stereocenters. The van der Waals surface area contributed by atoms with Crippen molar-refractivity contribution in [3.8, 4) is 11.4 Å². The first-order valence-corrected chi connectivity index (χ1v) is 13.2. The van der Waals surface area contributed by atoms with Gasteiger partial charge in [0.2, 0.25) is 21.7 Å². The highest BCUT2D eigenvalue weighted by Crippen LogP contribution is 2.33. The van der Waals surface area contributed by atoms with E-state index < -0.39 is 10.0 Å². The van der Waals surface area contributed by atoms with E-state index in [9.17, 15) is 8.42 Å². The summed E-state index contributed by atoms with van der Waals surface area (Å²) < 4.78 is 35.3. The Morgan fingerprint density at radius 2 is 1.81 bits per heavy atom. The zero-order valence-electron chi connectivity index (χ0n) is 18.8. The van der Waals surface area contributed by atoms with E-state index in [0.717, 1.165) is 48.6 Å². The number of benzene rings is 1. The second kappa shape index (κ2) is 8.59. The van der Waals surface area contributed by atoms with Crippen molar-refractivity contribution in [2.75, 3.05) is 13.1 Å². The topological polar surface area (TPSA) is 94.1 Å². The first-order valence-electron chi connectivity index (χ1n) is 11.7. The lowest BCUT2D eigenvalue weighted by Gasteiger charge is -2.33. The number of nitrogens with zero attached hydrogens (tertiary/aromatic N) is 5. The molecule has 172 valence electrons. The predicted octanol–water partition coefficient (Wildman–Crippen LogP) is 4.51. The zero-order chi connectivity index (χ0) is 22.3. The second-order valence-electron chi connectivity index (χ2n) is 9.39. The molecule has 0 amide bonds. The summed E-state index contributed by atoms with van der Waals surface area (Å²) >= 11 is 0. The Balaban J connectivity index is 1.29. The van der Waals surface area contributed by atoms with Gasteiger partial charge < -0.3 is 4.52 Å². The van der Waals surface area contributed by atoms with Crippen LogP contribution < -0.4 is 0 Å². The summed E-state index contributed by atoms with van der Waals surface area (Å²) in [4.78, 5) is 4.67. The lowest BCUT2D eigenvalue weighted by atomic mass is 9.98. The van der Waals surface area contributed by atoms with Gasteiger partial charge in [-0.2, -0.15) is 10.1 Å². The van der Waals surface area contributed by atoms with E-state index in [0.29, 0.717) is 37.6 Å². The minimum absolute atomic E-state index is 0.0963. The minimum atomic E-state index is -3.20. The molecule has 0 radical (unpaired) electrons. The third-order valence-corrected chi connectivity index (χ3v) is 9.32. The van der Waals surface area contributed by atoms with Gasteiger partial charge in [0.25, 0.3) is 0 Å². The van der Waals surface area contributed by atoms with Crippen molar-refractivity contribution in [3.05, 3.63) is 30.3 Å². The highest BCUT2D eigenvalue weighted by atomic mass is 32.2. The Labute approximate surface area is 189 Å². The Bertz CT molecular complexity index is 1190. The summed E-state index contributed by atoms with van der Waals surface area (Å²) in [5.74, 6) is 1.27. The van der Waals surface area contributed by atoms with Crippen molar-refractivity contribution in [1.82, 2.24) is 24.2 Å². The van der Waals surface area contributed by atoms with Crippen LogP contribution in [-0.4, -0.2) is 51.0 Å². The molecule has 2 fully saturated rings. The lowest BCUT2D eigenvalue weighted by molar-refractivity contribution is 0.267. The van der Waals surface area contributed by atoms with Crippen LogP contribution in [0.15, 0.2) is 28.9 Å². The normalized spacial score (nSPS) is 19.8. The molecule has 9 heteroatoms. The van der Waals surface area contributed by atoms with E-state index >= 15 is 0 Å². The molecule has 2 aromatic heterocycles. The first kappa shape index (κ1) is 21.6. The van der Waals surface area contributed by atoms with Crippen molar-refractivity contribution in [2.24, 2.45) is 0 Å². The monoisotopic (exact) mass is 457 g/mol. The highest BCUT2D eigenvalue weighted by molar-refractivity contribution is 7.89. The fourth-order valence-electron chi connectivity index (χ4n) is 5.04. The molecule has 1 aliphatic carbocycles. The largest absolute Gasteiger partial charge is 0.339 e. The van der Waals surface area contributed by atoms with E-state index in [1.165, 1.54) is 0 Å². The van der Waals surface area contributed by atoms with Gasteiger partial charge in [0.05, 0.1) is 17.0 Å². The Kier molecular flexibility index (Phi) is 5.79. The van der Waals surface area contributed by atoms with E-state index in [4.69, 9.17) is 4.52 Å². The van der Waals surface area contributed by atoms with Gasteiger partial charge in [0.1, 0.15) is 0 Å². The van der Waals surface area contributed by atoms with Crippen LogP contribution in [0.4, 0.5) is 0 Å². The van der Waals surface area contributed by atoms with Gasteiger partial charge in [-0.1, -0.05) is 36.6 Å². The molecule has 1 aliphatic heterocycles. The zero-order valence-corrected chi connectivity index (χ0v) is 19.6. The molecule has 2 aliphatic rings. The molecule has 0 spiro atoms. The molecule has 1 saturated carbocycles. The lowest BCUT2D eigenvalue weighted by Crippen LogP contribution is -2.43. The molecule has 5 rings (SSSR count). The van der Waals surface area contributed by atoms with Gasteiger partial charge >= 0.3 is 0 Å². The van der Waals surface area contributed by atoms with E-state index in [1.54, 1.807) is 4.31 Å². The molecule has 0 bridgehead atoms. The van der Waals surface area contributed by atoms with Crippen LogP contribution >= 0.6 is 0 Å². The molecule has 3 heterocycles. The van der Waals surface area contributed by atoms with Crippen LogP contribution in [0.1, 0.15) is 76.6 Å². The van der Waals surface area contributed by atoms with Gasteiger partial charge in [-0.15, -0.1) is 0 Å². The summed E-state index contributed by atoms with van der Waals surface area (Å²) in [6.45, 7) is 5.26. The third-order valence-electron chi connectivity index (χ3n) is 6.92. The maximum absolute atomic E-state index is 13.0. The number of aromatic nitrogens is 4. The molecule has 3 aromatic rings. The summed E-state index contributed by atoms with van der Waals surface area (Å²) in [6, 6.07) is 6.33. The van der Waals surface area contributed by atoms with Crippen LogP contribution in [-0.2, 0) is 10.0 Å². The fraction of sp³-hybridized carbons (Fsp3) is 0.609. The smallest absolute Gasteiger partial charge is 0.230 e. The van der Waals surface area contributed by atoms with Gasteiger partial charge in [-0.05, 0) is 45.6 Å². The average molecular weight is 458 g/mol. The van der Waals surface area contributed by atoms with Gasteiger partial charge in [0.15, 0.2) is 0 Å². The van der Waals surface area contributed by atoms with Crippen molar-refractivity contribution in [3.63, 3.8) is 0 Å². The molecule has 1 aromatic carbocycles. The second-order valence-corrected chi connectivity index (χ2v) is 11.6. The number of hydrogen-bond acceptors (Lipinski definition) is 6. The van der Waals surface area contributed by atoms with E-state index in [2.05, 4.69) is 35.2 Å². The van der Waals surface area contributed by atoms with Crippen molar-refractivity contribution < 1.29 is 12.9 Å². The Hall–Kier alpha value is -2.26. The van der Waals surface area contributed by atoms with Crippen LogP contribution in [0.5, 0.6) is 0 Å². The molecule has 1 saturated heterocycles. The summed E-state index contributed by atoms with van der Waals surface area (Å²) in [7, 11) is -3.20. The number of rotatable bonds is 5. The summed E-state index contributed by atoms with van der Waals surface area (Å²) in [5.41, 5.74) is 1.94. The van der Waals surface area contributed by atoms with Gasteiger partial charge in [-0.25, -0.2) is 12.7 Å². The molecular weight excluding hydrogens is 426 g/mol. The fourth-order valence-corrected chi connectivity index (χ4v) is 7.11. The number of piperidine rings is 1. The SMILES string of the molecule is CC(C)n1ncc2ccc(-c3noc(C4CCN(S(=O)(=O)C5CCCCC5)CC4)n3)cc21. The number of sulfonamides is 1. The molecular formula is C23H31N5O3S.